The monoisotopic (exact) mass is 411 g/mol. The number of amides is 1. The Morgan fingerprint density at radius 1 is 0.964 bits per heavy atom. The molecule has 0 fully saturated rings. The van der Waals surface area contributed by atoms with Crippen molar-refractivity contribution in [2.24, 2.45) is 0 Å². The minimum Gasteiger partial charge on any atom is -0.484 e. The zero-order valence-corrected chi connectivity index (χ0v) is 16.1. The molecule has 7 heteroatoms. The van der Waals surface area contributed by atoms with Crippen LogP contribution in [0.1, 0.15) is 0 Å². The lowest BCUT2D eigenvalue weighted by Gasteiger charge is -2.06. The van der Waals surface area contributed by atoms with Gasteiger partial charge in [-0.05, 0) is 59.7 Å². The molecular weight excluding hydrogens is 397 g/mol. The lowest BCUT2D eigenvalue weighted by molar-refractivity contribution is -0.118. The molecule has 5 nitrogen and oxygen atoms in total. The molecule has 2 N–H and O–H groups in total. The maximum absolute atomic E-state index is 12.2. The number of H-pyrrole nitrogens is 1. The van der Waals surface area contributed by atoms with Gasteiger partial charge in [0.15, 0.2) is 12.4 Å². The molecule has 1 heterocycles. The average Bonchev–Trinajstić information content (AvgIpc) is 3.09. The number of fused-ring (bicyclic) bond motifs is 1. The van der Waals surface area contributed by atoms with Crippen LogP contribution in [-0.2, 0) is 4.79 Å². The maximum Gasteiger partial charge on any atom is 0.263 e. The van der Waals surface area contributed by atoms with Crippen molar-refractivity contribution < 1.29 is 9.53 Å². The summed E-state index contributed by atoms with van der Waals surface area (Å²) in [6.07, 6.45) is 0. The van der Waals surface area contributed by atoms with Crippen LogP contribution in [0, 0.1) is 0 Å². The van der Waals surface area contributed by atoms with E-state index in [0.29, 0.717) is 21.6 Å². The molecule has 0 radical (unpaired) electrons. The number of carbonyl (C=O) groups is 1. The number of hydrogen-bond donors (Lipinski definition) is 2. The van der Waals surface area contributed by atoms with Crippen LogP contribution in [0.5, 0.6) is 5.75 Å². The molecule has 0 atom stereocenters. The first-order chi connectivity index (χ1) is 13.6. The Balaban J connectivity index is 1.47. The molecule has 0 spiro atoms. The number of benzene rings is 3. The number of anilines is 1. The molecule has 0 unspecified atom stereocenters. The number of halogens is 2. The smallest absolute Gasteiger partial charge is 0.263 e. The van der Waals surface area contributed by atoms with Gasteiger partial charge in [0, 0.05) is 15.4 Å². The summed E-state index contributed by atoms with van der Waals surface area (Å²) >= 11 is 11.9. The molecular formula is C21H15Cl2N3O2. The second kappa shape index (κ2) is 7.92. The van der Waals surface area contributed by atoms with Crippen LogP contribution in [0.3, 0.4) is 0 Å². The minimum atomic E-state index is -0.303. The van der Waals surface area contributed by atoms with E-state index in [2.05, 4.69) is 15.5 Å². The van der Waals surface area contributed by atoms with Crippen molar-refractivity contribution >= 4 is 45.8 Å². The van der Waals surface area contributed by atoms with Crippen LogP contribution in [-0.4, -0.2) is 22.7 Å². The first-order valence-corrected chi connectivity index (χ1v) is 9.26. The Hall–Kier alpha value is -3.02. The third-order valence-electron chi connectivity index (χ3n) is 4.16. The number of carbonyl (C=O) groups excluding carboxylic acids is 1. The zero-order chi connectivity index (χ0) is 19.5. The summed E-state index contributed by atoms with van der Waals surface area (Å²) in [5.74, 6) is 0.720. The van der Waals surface area contributed by atoms with Crippen molar-refractivity contribution in [1.82, 2.24) is 10.2 Å². The highest BCUT2D eigenvalue weighted by molar-refractivity contribution is 6.31. The van der Waals surface area contributed by atoms with Gasteiger partial charge in [0.25, 0.3) is 5.91 Å². The fourth-order valence-electron chi connectivity index (χ4n) is 2.81. The summed E-state index contributed by atoms with van der Waals surface area (Å²) in [5.41, 5.74) is 2.82. The summed E-state index contributed by atoms with van der Waals surface area (Å²) in [6.45, 7) is -0.128. The lowest BCUT2D eigenvalue weighted by Crippen LogP contribution is -2.20. The van der Waals surface area contributed by atoms with Crippen LogP contribution in [0.2, 0.25) is 10.0 Å². The van der Waals surface area contributed by atoms with Gasteiger partial charge in [0.1, 0.15) is 5.75 Å². The van der Waals surface area contributed by atoms with E-state index in [-0.39, 0.29) is 12.5 Å². The van der Waals surface area contributed by atoms with Crippen molar-refractivity contribution in [2.75, 3.05) is 11.9 Å². The van der Waals surface area contributed by atoms with Crippen LogP contribution < -0.4 is 10.1 Å². The van der Waals surface area contributed by atoms with E-state index in [0.717, 1.165) is 22.0 Å². The third-order valence-corrected chi connectivity index (χ3v) is 4.65. The number of aromatic nitrogens is 2. The standard InChI is InChI=1S/C21H15Cl2N3O2/c22-15-5-7-17(8-6-15)28-12-20(27)24-21-18-9-4-14(11-19(18)25-26-21)13-2-1-3-16(23)10-13/h1-11H,12H2,(H2,24,25,26,27). The van der Waals surface area contributed by atoms with Crippen LogP contribution >= 0.6 is 23.2 Å². The van der Waals surface area contributed by atoms with Crippen molar-refractivity contribution in [1.29, 1.82) is 0 Å². The Morgan fingerprint density at radius 3 is 2.54 bits per heavy atom. The highest BCUT2D eigenvalue weighted by atomic mass is 35.5. The summed E-state index contributed by atoms with van der Waals surface area (Å²) < 4.78 is 5.45. The fraction of sp³-hybridized carbons (Fsp3) is 0.0476. The lowest BCUT2D eigenvalue weighted by atomic mass is 10.0. The molecule has 1 amide bonds. The van der Waals surface area contributed by atoms with E-state index in [1.54, 1.807) is 24.3 Å². The number of rotatable bonds is 5. The second-order valence-corrected chi connectivity index (χ2v) is 7.01. The van der Waals surface area contributed by atoms with E-state index in [9.17, 15) is 4.79 Å². The van der Waals surface area contributed by atoms with E-state index >= 15 is 0 Å². The second-order valence-electron chi connectivity index (χ2n) is 6.13. The number of nitrogens with one attached hydrogen (secondary N) is 2. The maximum atomic E-state index is 12.2. The topological polar surface area (TPSA) is 67.0 Å². The van der Waals surface area contributed by atoms with Crippen molar-refractivity contribution in [3.8, 4) is 16.9 Å². The van der Waals surface area contributed by atoms with Gasteiger partial charge in [-0.2, -0.15) is 5.10 Å². The highest BCUT2D eigenvalue weighted by Crippen LogP contribution is 2.28. The van der Waals surface area contributed by atoms with Crippen LogP contribution in [0.25, 0.3) is 22.0 Å². The Labute approximate surface area is 171 Å². The SMILES string of the molecule is O=C(COc1ccc(Cl)cc1)Nc1n[nH]c2cc(-c3cccc(Cl)c3)ccc12. The minimum absolute atomic E-state index is 0.128. The van der Waals surface area contributed by atoms with Crippen molar-refractivity contribution in [3.63, 3.8) is 0 Å². The molecule has 4 rings (SSSR count). The van der Waals surface area contributed by atoms with E-state index in [1.165, 1.54) is 0 Å². The molecule has 28 heavy (non-hydrogen) atoms. The molecule has 0 aliphatic carbocycles. The third kappa shape index (κ3) is 4.11. The van der Waals surface area contributed by atoms with Crippen LogP contribution in [0.4, 0.5) is 5.82 Å². The highest BCUT2D eigenvalue weighted by Gasteiger charge is 2.11. The van der Waals surface area contributed by atoms with Gasteiger partial charge in [-0.1, -0.05) is 41.4 Å². The summed E-state index contributed by atoms with van der Waals surface area (Å²) in [6, 6.07) is 20.3. The van der Waals surface area contributed by atoms with Gasteiger partial charge < -0.3 is 10.1 Å². The molecule has 140 valence electrons. The molecule has 4 aromatic rings. The molecule has 0 aliphatic rings. The van der Waals surface area contributed by atoms with Gasteiger partial charge in [-0.3, -0.25) is 9.89 Å². The Bertz CT molecular complexity index is 1140. The van der Waals surface area contributed by atoms with Gasteiger partial charge in [-0.25, -0.2) is 0 Å². The molecule has 0 saturated carbocycles. The van der Waals surface area contributed by atoms with Gasteiger partial charge in [0.2, 0.25) is 0 Å². The van der Waals surface area contributed by atoms with Gasteiger partial charge >= 0.3 is 0 Å². The molecule has 1 aromatic heterocycles. The number of nitrogens with zero attached hydrogens (tertiary/aromatic N) is 1. The fourth-order valence-corrected chi connectivity index (χ4v) is 3.13. The number of hydrogen-bond acceptors (Lipinski definition) is 3. The molecule has 0 aliphatic heterocycles. The van der Waals surface area contributed by atoms with Crippen molar-refractivity contribution in [3.05, 3.63) is 76.8 Å². The summed E-state index contributed by atoms with van der Waals surface area (Å²) in [5, 5.41) is 12.0. The van der Waals surface area contributed by atoms with Gasteiger partial charge in [-0.15, -0.1) is 0 Å². The predicted molar refractivity (Wildman–Crippen MR) is 112 cm³/mol. The van der Waals surface area contributed by atoms with E-state index < -0.39 is 0 Å². The van der Waals surface area contributed by atoms with Gasteiger partial charge in [0.05, 0.1) is 5.52 Å². The van der Waals surface area contributed by atoms with Crippen molar-refractivity contribution in [2.45, 2.75) is 0 Å². The normalized spacial score (nSPS) is 10.8. The Morgan fingerprint density at radius 2 is 1.75 bits per heavy atom. The summed E-state index contributed by atoms with van der Waals surface area (Å²) in [4.78, 5) is 12.2. The molecule has 3 aromatic carbocycles. The number of aromatic amines is 1. The average molecular weight is 412 g/mol. The largest absolute Gasteiger partial charge is 0.484 e. The first-order valence-electron chi connectivity index (χ1n) is 8.51. The molecule has 0 saturated heterocycles. The molecule has 0 bridgehead atoms. The quantitative estimate of drug-likeness (QED) is 0.451. The predicted octanol–water partition coefficient (Wildman–Crippen LogP) is 5.55. The zero-order valence-electron chi connectivity index (χ0n) is 14.6. The van der Waals surface area contributed by atoms with E-state index in [4.69, 9.17) is 27.9 Å². The number of ether oxygens (including phenoxy) is 1. The summed E-state index contributed by atoms with van der Waals surface area (Å²) in [7, 11) is 0. The van der Waals surface area contributed by atoms with Crippen LogP contribution in [0.15, 0.2) is 66.7 Å². The first kappa shape index (κ1) is 18.3. The Kier molecular flexibility index (Phi) is 5.19. The van der Waals surface area contributed by atoms with E-state index in [1.807, 2.05) is 42.5 Å².